The summed E-state index contributed by atoms with van der Waals surface area (Å²) in [5.41, 5.74) is 0.607. The summed E-state index contributed by atoms with van der Waals surface area (Å²) in [5.74, 6) is -0.985. The zero-order valence-electron chi connectivity index (χ0n) is 12.6. The van der Waals surface area contributed by atoms with Crippen molar-refractivity contribution in [3.8, 4) is 0 Å². The largest absolute Gasteiger partial charge is 0.416 e. The molecule has 3 nitrogen and oxygen atoms in total. The van der Waals surface area contributed by atoms with Crippen molar-refractivity contribution in [1.82, 2.24) is 0 Å². The molecule has 0 unspecified atom stereocenters. The van der Waals surface area contributed by atoms with E-state index in [9.17, 15) is 22.8 Å². The van der Waals surface area contributed by atoms with Gasteiger partial charge in [-0.15, -0.1) is 0 Å². The van der Waals surface area contributed by atoms with Crippen molar-refractivity contribution in [2.24, 2.45) is 0 Å². The maximum atomic E-state index is 12.8. The number of nitrogens with zero attached hydrogens (tertiary/aromatic N) is 1. The molecule has 0 fully saturated rings. The summed E-state index contributed by atoms with van der Waals surface area (Å²) in [6.07, 6.45) is -3.09. The van der Waals surface area contributed by atoms with Gasteiger partial charge in [0.2, 0.25) is 5.91 Å². The van der Waals surface area contributed by atoms with Crippen LogP contribution in [0.4, 0.5) is 18.9 Å². The number of halogens is 3. The molecular weight excluding hydrogens is 319 g/mol. The highest BCUT2D eigenvalue weighted by atomic mass is 19.4. The van der Waals surface area contributed by atoms with Crippen LogP contribution in [0.25, 0.3) is 11.6 Å². The molecule has 122 valence electrons. The van der Waals surface area contributed by atoms with E-state index >= 15 is 0 Å². The number of alkyl halides is 3. The number of hydrogen-bond donors (Lipinski definition) is 0. The quantitative estimate of drug-likeness (QED) is 0.737. The first-order chi connectivity index (χ1) is 11.3. The summed E-state index contributed by atoms with van der Waals surface area (Å²) < 4.78 is 38.5. The third-order valence-electron chi connectivity index (χ3n) is 3.71. The van der Waals surface area contributed by atoms with Gasteiger partial charge in [-0.25, -0.2) is 4.90 Å². The van der Waals surface area contributed by atoms with Crippen LogP contribution in [-0.4, -0.2) is 11.8 Å². The molecule has 0 saturated heterocycles. The van der Waals surface area contributed by atoms with E-state index in [0.29, 0.717) is 11.3 Å². The molecule has 1 heterocycles. The number of amides is 2. The first-order valence-corrected chi connectivity index (χ1v) is 7.12. The third kappa shape index (κ3) is 2.71. The number of fused-ring (bicyclic) bond motifs is 1. The van der Waals surface area contributed by atoms with Gasteiger partial charge < -0.3 is 0 Å². The zero-order chi connectivity index (χ0) is 17.5. The highest BCUT2D eigenvalue weighted by Crippen LogP contribution is 2.38. The fraction of sp³-hybridized carbons (Fsp3) is 0.111. The van der Waals surface area contributed by atoms with Crippen LogP contribution in [0.1, 0.15) is 23.6 Å². The van der Waals surface area contributed by atoms with E-state index in [1.165, 1.54) is 25.1 Å². The Balaban J connectivity index is 2.11. The van der Waals surface area contributed by atoms with Gasteiger partial charge >= 0.3 is 6.18 Å². The van der Waals surface area contributed by atoms with Gasteiger partial charge in [-0.05, 0) is 29.8 Å². The Morgan fingerprint density at radius 2 is 1.79 bits per heavy atom. The van der Waals surface area contributed by atoms with E-state index in [4.69, 9.17) is 0 Å². The zero-order valence-corrected chi connectivity index (χ0v) is 12.6. The Hall–Kier alpha value is -2.89. The number of carbonyl (C=O) groups is 2. The second kappa shape index (κ2) is 5.63. The summed E-state index contributed by atoms with van der Waals surface area (Å²) >= 11 is 0. The second-order valence-corrected chi connectivity index (χ2v) is 5.36. The van der Waals surface area contributed by atoms with E-state index in [0.717, 1.165) is 17.0 Å². The van der Waals surface area contributed by atoms with Crippen molar-refractivity contribution in [3.05, 3.63) is 65.2 Å². The maximum absolute atomic E-state index is 12.8. The molecule has 0 spiro atoms. The predicted octanol–water partition coefficient (Wildman–Crippen LogP) is 4.14. The molecule has 2 amide bonds. The first kappa shape index (κ1) is 16.0. The lowest BCUT2D eigenvalue weighted by Gasteiger charge is -2.11. The molecule has 2 aromatic carbocycles. The Labute approximate surface area is 136 Å². The van der Waals surface area contributed by atoms with Gasteiger partial charge in [0.1, 0.15) is 0 Å². The van der Waals surface area contributed by atoms with Crippen LogP contribution in [0, 0.1) is 0 Å². The molecule has 2 aromatic rings. The molecule has 0 N–H and O–H groups in total. The van der Waals surface area contributed by atoms with Crippen molar-refractivity contribution in [3.63, 3.8) is 0 Å². The fourth-order valence-corrected chi connectivity index (χ4v) is 2.66. The summed E-state index contributed by atoms with van der Waals surface area (Å²) in [5, 5.41) is 0. The highest BCUT2D eigenvalue weighted by molar-refractivity contribution is 6.41. The minimum Gasteiger partial charge on any atom is -0.274 e. The Morgan fingerprint density at radius 3 is 2.46 bits per heavy atom. The van der Waals surface area contributed by atoms with Crippen LogP contribution in [-0.2, 0) is 15.8 Å². The summed E-state index contributed by atoms with van der Waals surface area (Å²) in [4.78, 5) is 25.3. The highest BCUT2D eigenvalue weighted by Gasteiger charge is 2.35. The number of benzene rings is 2. The van der Waals surface area contributed by atoms with Crippen molar-refractivity contribution in [2.75, 3.05) is 4.90 Å². The lowest BCUT2D eigenvalue weighted by molar-refractivity contribution is -0.137. The second-order valence-electron chi connectivity index (χ2n) is 5.36. The van der Waals surface area contributed by atoms with Crippen molar-refractivity contribution < 1.29 is 22.8 Å². The molecule has 1 aliphatic rings. The average Bonchev–Trinajstić information content (AvgIpc) is 2.79. The number of anilines is 1. The molecule has 0 atom stereocenters. The Bertz CT molecular complexity index is 869. The molecule has 24 heavy (non-hydrogen) atoms. The van der Waals surface area contributed by atoms with Gasteiger partial charge in [-0.3, -0.25) is 9.59 Å². The van der Waals surface area contributed by atoms with Gasteiger partial charge in [0.25, 0.3) is 5.91 Å². The normalized spacial score (nSPS) is 15.8. The molecule has 0 aromatic heterocycles. The van der Waals surface area contributed by atoms with E-state index in [-0.39, 0.29) is 11.1 Å². The fourth-order valence-electron chi connectivity index (χ4n) is 2.66. The summed E-state index contributed by atoms with van der Waals surface area (Å²) in [6.45, 7) is 1.27. The molecule has 3 rings (SSSR count). The first-order valence-electron chi connectivity index (χ1n) is 7.12. The van der Waals surface area contributed by atoms with Gasteiger partial charge in [-0.2, -0.15) is 13.2 Å². The summed E-state index contributed by atoms with van der Waals surface area (Å²) in [6, 6.07) is 11.4. The number of carbonyl (C=O) groups excluding carboxylic acids is 2. The van der Waals surface area contributed by atoms with Crippen molar-refractivity contribution >= 4 is 29.2 Å². The smallest absolute Gasteiger partial charge is 0.274 e. The van der Waals surface area contributed by atoms with Gasteiger partial charge in [0.05, 0.1) is 16.8 Å². The van der Waals surface area contributed by atoms with Crippen LogP contribution >= 0.6 is 0 Å². The number of hydrogen-bond acceptors (Lipinski definition) is 2. The van der Waals surface area contributed by atoms with Crippen LogP contribution < -0.4 is 4.90 Å². The van der Waals surface area contributed by atoms with Crippen LogP contribution in [0.15, 0.2) is 48.5 Å². The lowest BCUT2D eigenvalue weighted by Crippen LogP contribution is -2.31. The van der Waals surface area contributed by atoms with Crippen molar-refractivity contribution in [2.45, 2.75) is 13.1 Å². The van der Waals surface area contributed by atoms with E-state index in [1.807, 2.05) is 0 Å². The molecule has 0 saturated carbocycles. The molecule has 0 radical (unpaired) electrons. The molecular formula is C18H12F3NO2. The average molecular weight is 331 g/mol. The van der Waals surface area contributed by atoms with Crippen LogP contribution in [0.5, 0.6) is 0 Å². The van der Waals surface area contributed by atoms with E-state index < -0.39 is 23.6 Å². The molecule has 0 aliphatic carbocycles. The predicted molar refractivity (Wildman–Crippen MR) is 83.9 cm³/mol. The van der Waals surface area contributed by atoms with Crippen LogP contribution in [0.2, 0.25) is 0 Å². The van der Waals surface area contributed by atoms with Gasteiger partial charge in [0, 0.05) is 12.5 Å². The number of imide groups is 1. The van der Waals surface area contributed by atoms with Crippen LogP contribution in [0.3, 0.4) is 0 Å². The summed E-state index contributed by atoms with van der Waals surface area (Å²) in [7, 11) is 0. The molecule has 1 aliphatic heterocycles. The Kier molecular flexibility index (Phi) is 3.75. The molecule has 6 heteroatoms. The van der Waals surface area contributed by atoms with Crippen molar-refractivity contribution in [1.29, 1.82) is 0 Å². The SMILES string of the molecule is CC(=O)N1C(=O)/C(=C/c2cccc(C(F)(F)F)c2)c2ccccc21. The number of para-hydroxylation sites is 1. The monoisotopic (exact) mass is 331 g/mol. The Morgan fingerprint density at radius 1 is 1.08 bits per heavy atom. The topological polar surface area (TPSA) is 37.4 Å². The minimum absolute atomic E-state index is 0.195. The lowest BCUT2D eigenvalue weighted by atomic mass is 10.0. The van der Waals surface area contributed by atoms with E-state index in [1.54, 1.807) is 24.3 Å². The third-order valence-corrected chi connectivity index (χ3v) is 3.71. The molecule has 0 bridgehead atoms. The van der Waals surface area contributed by atoms with Gasteiger partial charge in [0.15, 0.2) is 0 Å². The van der Waals surface area contributed by atoms with Gasteiger partial charge in [-0.1, -0.05) is 30.3 Å². The maximum Gasteiger partial charge on any atom is 0.416 e. The standard InChI is InChI=1S/C18H12F3NO2/c1-11(23)22-16-8-3-2-7-14(16)15(17(22)24)10-12-5-4-6-13(9-12)18(19,20)21/h2-10H,1H3/b15-10+. The minimum atomic E-state index is -4.46. The van der Waals surface area contributed by atoms with E-state index in [2.05, 4.69) is 0 Å². The number of rotatable bonds is 1.